The first kappa shape index (κ1) is 32.3. The van der Waals surface area contributed by atoms with Crippen LogP contribution in [0.25, 0.3) is 11.1 Å². The van der Waals surface area contributed by atoms with Gasteiger partial charge in [-0.15, -0.1) is 11.8 Å². The smallest absolute Gasteiger partial charge is 0.490 e. The number of piperidine rings is 1. The highest BCUT2D eigenvalue weighted by molar-refractivity contribution is 7.98. The molecule has 0 aromatic heterocycles. The fraction of sp³-hybridized carbons (Fsp3) is 0.406. The summed E-state index contributed by atoms with van der Waals surface area (Å²) in [6.07, 6.45) is -0.608. The van der Waals surface area contributed by atoms with Crippen molar-refractivity contribution in [3.05, 3.63) is 78.4 Å². The van der Waals surface area contributed by atoms with Crippen LogP contribution in [0.2, 0.25) is 0 Å². The number of halogens is 3. The van der Waals surface area contributed by atoms with Crippen molar-refractivity contribution in [1.29, 1.82) is 0 Å². The molecule has 0 saturated carbocycles. The van der Waals surface area contributed by atoms with Crippen LogP contribution in [0.3, 0.4) is 0 Å². The largest absolute Gasteiger partial charge is 0.493 e. The van der Waals surface area contributed by atoms with Gasteiger partial charge in [0.05, 0.1) is 6.61 Å². The standard InChI is InChI=1S/C30H37NO2S.C2HF3O2/c1-30(2,3)33-28-11-5-23(6-12-28)21-31-19-17-24(18-20-31)22-32-27-13-7-25(8-14-27)26-9-15-29(34-4)16-10-26;3-2(4,5)1(6)7/h5-16,24H,17-22H2,1-4H3;(H,6,7). The van der Waals surface area contributed by atoms with Crippen molar-refractivity contribution in [2.75, 3.05) is 26.0 Å². The van der Waals surface area contributed by atoms with Crippen LogP contribution in [-0.2, 0) is 11.3 Å². The number of benzene rings is 3. The topological polar surface area (TPSA) is 59.0 Å². The molecule has 0 amide bonds. The maximum Gasteiger partial charge on any atom is 0.490 e. The molecular weight excluding hydrogens is 551 g/mol. The van der Waals surface area contributed by atoms with E-state index in [1.54, 1.807) is 11.8 Å². The number of thioether (sulfide) groups is 1. The van der Waals surface area contributed by atoms with Crippen LogP contribution in [0.15, 0.2) is 77.7 Å². The molecule has 0 atom stereocenters. The van der Waals surface area contributed by atoms with Gasteiger partial charge in [-0.3, -0.25) is 4.90 Å². The van der Waals surface area contributed by atoms with Gasteiger partial charge in [-0.25, -0.2) is 4.79 Å². The third kappa shape index (κ3) is 11.3. The van der Waals surface area contributed by atoms with Gasteiger partial charge in [0.1, 0.15) is 17.1 Å². The molecule has 1 saturated heterocycles. The Hall–Kier alpha value is -3.17. The maximum atomic E-state index is 10.6. The summed E-state index contributed by atoms with van der Waals surface area (Å²) in [5.41, 5.74) is 3.66. The molecule has 1 fully saturated rings. The van der Waals surface area contributed by atoms with Gasteiger partial charge in [-0.1, -0.05) is 36.4 Å². The van der Waals surface area contributed by atoms with Gasteiger partial charge in [0, 0.05) is 11.4 Å². The fourth-order valence-corrected chi connectivity index (χ4v) is 4.74. The number of hydrogen-bond acceptors (Lipinski definition) is 5. The molecule has 222 valence electrons. The number of ether oxygens (including phenoxy) is 2. The average molecular weight is 590 g/mol. The Bertz CT molecular complexity index is 1220. The van der Waals surface area contributed by atoms with Crippen molar-refractivity contribution >= 4 is 17.7 Å². The highest BCUT2D eigenvalue weighted by Crippen LogP contribution is 2.27. The van der Waals surface area contributed by atoms with Crippen LogP contribution in [0.4, 0.5) is 13.2 Å². The van der Waals surface area contributed by atoms with E-state index >= 15 is 0 Å². The quantitative estimate of drug-likeness (QED) is 0.268. The zero-order valence-electron chi connectivity index (χ0n) is 23.9. The molecule has 0 aliphatic carbocycles. The van der Waals surface area contributed by atoms with Gasteiger partial charge >= 0.3 is 12.1 Å². The lowest BCUT2D eigenvalue weighted by molar-refractivity contribution is -0.192. The second-order valence-electron chi connectivity index (χ2n) is 10.9. The van der Waals surface area contributed by atoms with Gasteiger partial charge in [-0.05, 0) is 112 Å². The van der Waals surface area contributed by atoms with Gasteiger partial charge < -0.3 is 14.6 Å². The number of nitrogens with zero attached hydrogens (tertiary/aromatic N) is 1. The summed E-state index contributed by atoms with van der Waals surface area (Å²) < 4.78 is 43.8. The Morgan fingerprint density at radius 3 is 1.83 bits per heavy atom. The molecule has 41 heavy (non-hydrogen) atoms. The lowest BCUT2D eigenvalue weighted by atomic mass is 9.97. The molecule has 3 aromatic rings. The highest BCUT2D eigenvalue weighted by Gasteiger charge is 2.38. The normalized spacial score (nSPS) is 14.6. The molecule has 4 rings (SSSR count). The van der Waals surface area contributed by atoms with E-state index in [9.17, 15) is 13.2 Å². The second-order valence-corrected chi connectivity index (χ2v) is 11.8. The molecule has 1 aliphatic rings. The first-order chi connectivity index (χ1) is 19.3. The lowest BCUT2D eigenvalue weighted by Crippen LogP contribution is -2.35. The Labute approximate surface area is 244 Å². The van der Waals surface area contributed by atoms with Gasteiger partial charge in [0.2, 0.25) is 0 Å². The summed E-state index contributed by atoms with van der Waals surface area (Å²) in [6.45, 7) is 10.3. The second kappa shape index (κ2) is 14.6. The first-order valence-electron chi connectivity index (χ1n) is 13.5. The van der Waals surface area contributed by atoms with Crippen molar-refractivity contribution in [3.8, 4) is 22.6 Å². The molecule has 1 aliphatic heterocycles. The molecule has 0 radical (unpaired) electrons. The van der Waals surface area contributed by atoms with E-state index in [0.717, 1.165) is 37.7 Å². The predicted octanol–water partition coefficient (Wildman–Crippen LogP) is 8.18. The van der Waals surface area contributed by atoms with Gasteiger partial charge in [0.15, 0.2) is 0 Å². The predicted molar refractivity (Wildman–Crippen MR) is 158 cm³/mol. The third-order valence-electron chi connectivity index (χ3n) is 6.47. The van der Waals surface area contributed by atoms with E-state index < -0.39 is 12.1 Å². The number of hydrogen-bond donors (Lipinski definition) is 1. The van der Waals surface area contributed by atoms with Crippen LogP contribution in [0.5, 0.6) is 11.5 Å². The van der Waals surface area contributed by atoms with E-state index in [1.165, 1.54) is 34.4 Å². The van der Waals surface area contributed by atoms with Crippen LogP contribution >= 0.6 is 11.8 Å². The van der Waals surface area contributed by atoms with E-state index in [-0.39, 0.29) is 5.60 Å². The molecular formula is C32H38F3NO4S. The molecule has 1 N–H and O–H groups in total. The summed E-state index contributed by atoms with van der Waals surface area (Å²) in [5, 5.41) is 7.12. The Morgan fingerprint density at radius 1 is 0.878 bits per heavy atom. The Morgan fingerprint density at radius 2 is 1.37 bits per heavy atom. The number of carbonyl (C=O) groups is 1. The van der Waals surface area contributed by atoms with Gasteiger partial charge in [-0.2, -0.15) is 13.2 Å². The monoisotopic (exact) mass is 589 g/mol. The van der Waals surface area contributed by atoms with E-state index in [2.05, 4.69) is 105 Å². The Kier molecular flexibility index (Phi) is 11.5. The number of rotatable bonds is 8. The summed E-state index contributed by atoms with van der Waals surface area (Å²) in [5.74, 6) is -0.233. The van der Waals surface area contributed by atoms with Crippen molar-refractivity contribution in [1.82, 2.24) is 4.90 Å². The molecule has 9 heteroatoms. The zero-order valence-corrected chi connectivity index (χ0v) is 24.7. The SMILES string of the molecule is CSc1ccc(-c2ccc(OCC3CCN(Cc4ccc(OC(C)(C)C)cc4)CC3)cc2)cc1.O=C(O)C(F)(F)F. The molecule has 3 aromatic carbocycles. The van der Waals surface area contributed by atoms with E-state index in [4.69, 9.17) is 19.4 Å². The van der Waals surface area contributed by atoms with E-state index in [0.29, 0.717) is 5.92 Å². The fourth-order valence-electron chi connectivity index (χ4n) is 4.33. The van der Waals surface area contributed by atoms with Crippen molar-refractivity contribution in [2.45, 2.75) is 56.8 Å². The molecule has 0 spiro atoms. The summed E-state index contributed by atoms with van der Waals surface area (Å²) in [7, 11) is 0. The van der Waals surface area contributed by atoms with Crippen molar-refractivity contribution in [3.63, 3.8) is 0 Å². The maximum absolute atomic E-state index is 10.6. The minimum Gasteiger partial charge on any atom is -0.493 e. The number of carboxylic acids is 1. The van der Waals surface area contributed by atoms with Crippen LogP contribution in [0.1, 0.15) is 39.2 Å². The minimum atomic E-state index is -5.08. The number of alkyl halides is 3. The van der Waals surface area contributed by atoms with Crippen LogP contribution < -0.4 is 9.47 Å². The van der Waals surface area contributed by atoms with Gasteiger partial charge in [0.25, 0.3) is 0 Å². The third-order valence-corrected chi connectivity index (χ3v) is 7.21. The highest BCUT2D eigenvalue weighted by atomic mass is 32.2. The van der Waals surface area contributed by atoms with Crippen molar-refractivity contribution in [2.24, 2.45) is 5.92 Å². The number of carboxylic acid groups (broad SMARTS) is 1. The zero-order chi connectivity index (χ0) is 30.0. The molecule has 5 nitrogen and oxygen atoms in total. The van der Waals surface area contributed by atoms with Crippen LogP contribution in [-0.4, -0.2) is 53.7 Å². The molecule has 1 heterocycles. The van der Waals surface area contributed by atoms with Crippen molar-refractivity contribution < 1.29 is 32.5 Å². The minimum absolute atomic E-state index is 0.159. The number of likely N-dealkylation sites (tertiary alicyclic amines) is 1. The number of aliphatic carboxylic acids is 1. The summed E-state index contributed by atoms with van der Waals surface area (Å²) in [6, 6.07) is 25.8. The van der Waals surface area contributed by atoms with Crippen LogP contribution in [0, 0.1) is 5.92 Å². The molecule has 0 bridgehead atoms. The van der Waals surface area contributed by atoms with E-state index in [1.807, 2.05) is 0 Å². The Balaban J connectivity index is 0.000000587. The summed E-state index contributed by atoms with van der Waals surface area (Å²) in [4.78, 5) is 12.7. The average Bonchev–Trinajstić information content (AvgIpc) is 2.93. The summed E-state index contributed by atoms with van der Waals surface area (Å²) >= 11 is 1.77. The molecule has 0 unspecified atom stereocenters. The first-order valence-corrected chi connectivity index (χ1v) is 14.7. The lowest BCUT2D eigenvalue weighted by Gasteiger charge is -2.32.